The van der Waals surface area contributed by atoms with Gasteiger partial charge in [0, 0.05) is 16.3 Å². The fourth-order valence-corrected chi connectivity index (χ4v) is 1.92. The molecular weight excluding hydrogens is 243 g/mol. The van der Waals surface area contributed by atoms with Crippen molar-refractivity contribution in [2.45, 2.75) is 0 Å². The van der Waals surface area contributed by atoms with Gasteiger partial charge in [-0.25, -0.2) is 0 Å². The van der Waals surface area contributed by atoms with E-state index in [-0.39, 0.29) is 40.9 Å². The minimum atomic E-state index is -1.43. The molecule has 1 N–H and O–H groups in total. The Balaban J connectivity index is 0.00000120. The van der Waals surface area contributed by atoms with Crippen molar-refractivity contribution in [3.63, 3.8) is 0 Å². The first-order valence-electron chi connectivity index (χ1n) is 5.02. The molecule has 4 nitrogen and oxygen atoms in total. The average molecular weight is 250 g/mol. The van der Waals surface area contributed by atoms with Crippen LogP contribution in [0.15, 0.2) is 40.8 Å². The molecule has 3 aromatic rings. The molecule has 2 aromatic carbocycles. The molecule has 0 unspecified atom stereocenters. The number of aromatic carboxylic acids is 1. The normalized spacial score (nSPS) is 10.4. The standard InChI is InChI=1S/C13H8O4.Na/c14-10-5-8-7-3-1-2-4-11(7)17-12(8)6-9(10)13(15)16;/h1-6,14H,(H,15,16);/q;+1/p-1. The van der Waals surface area contributed by atoms with Gasteiger partial charge in [0.15, 0.2) is 0 Å². The van der Waals surface area contributed by atoms with Crippen molar-refractivity contribution in [2.75, 3.05) is 0 Å². The van der Waals surface area contributed by atoms with E-state index in [1.807, 2.05) is 18.2 Å². The van der Waals surface area contributed by atoms with Crippen molar-refractivity contribution >= 4 is 27.9 Å². The summed E-state index contributed by atoms with van der Waals surface area (Å²) in [7, 11) is 0. The number of phenols is 1. The monoisotopic (exact) mass is 250 g/mol. The topological polar surface area (TPSA) is 73.5 Å². The summed E-state index contributed by atoms with van der Waals surface area (Å²) in [6.45, 7) is 0. The van der Waals surface area contributed by atoms with Gasteiger partial charge in [-0.2, -0.15) is 0 Å². The molecule has 3 rings (SSSR count). The maximum Gasteiger partial charge on any atom is 1.00 e. The number of carboxylic acid groups (broad SMARTS) is 1. The Kier molecular flexibility index (Phi) is 3.34. The number of para-hydroxylation sites is 1. The van der Waals surface area contributed by atoms with Crippen LogP contribution in [0.2, 0.25) is 0 Å². The quantitative estimate of drug-likeness (QED) is 0.542. The summed E-state index contributed by atoms with van der Waals surface area (Å²) in [5, 5.41) is 21.9. The number of hydrogen-bond acceptors (Lipinski definition) is 4. The maximum absolute atomic E-state index is 10.8. The minimum Gasteiger partial charge on any atom is -0.545 e. The maximum atomic E-state index is 10.8. The molecule has 0 spiro atoms. The first-order valence-corrected chi connectivity index (χ1v) is 5.02. The Hall–Kier alpha value is -1.49. The number of carbonyl (C=O) groups excluding carboxylic acids is 1. The summed E-state index contributed by atoms with van der Waals surface area (Å²) in [4.78, 5) is 10.8. The molecule has 0 amide bonds. The molecule has 84 valence electrons. The predicted molar refractivity (Wildman–Crippen MR) is 59.7 cm³/mol. The van der Waals surface area contributed by atoms with Gasteiger partial charge in [0.25, 0.3) is 0 Å². The van der Waals surface area contributed by atoms with Gasteiger partial charge in [-0.05, 0) is 18.2 Å². The first kappa shape index (κ1) is 13.0. The Bertz CT molecular complexity index is 745. The molecule has 0 saturated carbocycles. The second kappa shape index (κ2) is 4.65. The largest absolute Gasteiger partial charge is 1.00 e. The minimum absolute atomic E-state index is 0. The van der Waals surface area contributed by atoms with Gasteiger partial charge in [-0.1, -0.05) is 18.2 Å². The number of rotatable bonds is 1. The molecule has 18 heavy (non-hydrogen) atoms. The summed E-state index contributed by atoms with van der Waals surface area (Å²) in [6.07, 6.45) is 0. The summed E-state index contributed by atoms with van der Waals surface area (Å²) in [6, 6.07) is 9.96. The molecule has 0 bridgehead atoms. The third-order valence-corrected chi connectivity index (χ3v) is 2.71. The van der Waals surface area contributed by atoms with Crippen molar-refractivity contribution in [3.8, 4) is 5.75 Å². The van der Waals surface area contributed by atoms with E-state index in [0.717, 1.165) is 5.39 Å². The zero-order chi connectivity index (χ0) is 12.0. The molecule has 0 fully saturated rings. The molecule has 0 atom stereocenters. The van der Waals surface area contributed by atoms with Crippen LogP contribution >= 0.6 is 0 Å². The van der Waals surface area contributed by atoms with E-state index < -0.39 is 5.97 Å². The van der Waals surface area contributed by atoms with Gasteiger partial charge in [-0.15, -0.1) is 0 Å². The Morgan fingerprint density at radius 1 is 1.11 bits per heavy atom. The van der Waals surface area contributed by atoms with E-state index in [1.165, 1.54) is 12.1 Å². The smallest absolute Gasteiger partial charge is 0.545 e. The third-order valence-electron chi connectivity index (χ3n) is 2.71. The van der Waals surface area contributed by atoms with Gasteiger partial charge in [0.05, 0.1) is 5.97 Å². The van der Waals surface area contributed by atoms with Crippen molar-refractivity contribution in [3.05, 3.63) is 42.0 Å². The average Bonchev–Trinajstić information content (AvgIpc) is 2.65. The molecule has 1 aromatic heterocycles. The third kappa shape index (κ3) is 1.88. The summed E-state index contributed by atoms with van der Waals surface area (Å²) in [5.74, 6) is -1.74. The molecule has 0 radical (unpaired) electrons. The van der Waals surface area contributed by atoms with Crippen LogP contribution in [0.25, 0.3) is 21.9 Å². The predicted octanol–water partition coefficient (Wildman–Crippen LogP) is -1.34. The van der Waals surface area contributed by atoms with E-state index in [1.54, 1.807) is 6.07 Å². The van der Waals surface area contributed by atoms with Crippen LogP contribution in [-0.2, 0) is 0 Å². The van der Waals surface area contributed by atoms with Gasteiger partial charge >= 0.3 is 29.6 Å². The van der Waals surface area contributed by atoms with Crippen LogP contribution in [0.4, 0.5) is 0 Å². The van der Waals surface area contributed by atoms with Crippen LogP contribution in [-0.4, -0.2) is 11.1 Å². The van der Waals surface area contributed by atoms with Gasteiger partial charge in [0.2, 0.25) is 0 Å². The fraction of sp³-hybridized carbons (Fsp3) is 0. The molecule has 0 aliphatic carbocycles. The molecule has 0 aliphatic rings. The fourth-order valence-electron chi connectivity index (χ4n) is 1.92. The van der Waals surface area contributed by atoms with E-state index in [4.69, 9.17) is 4.42 Å². The van der Waals surface area contributed by atoms with Crippen LogP contribution in [0, 0.1) is 0 Å². The number of fused-ring (bicyclic) bond motifs is 3. The van der Waals surface area contributed by atoms with E-state index in [2.05, 4.69) is 0 Å². The van der Waals surface area contributed by atoms with Gasteiger partial charge in [-0.3, -0.25) is 0 Å². The van der Waals surface area contributed by atoms with Crippen molar-refractivity contribution in [2.24, 2.45) is 0 Å². The summed E-state index contributed by atoms with van der Waals surface area (Å²) < 4.78 is 5.50. The van der Waals surface area contributed by atoms with E-state index in [9.17, 15) is 15.0 Å². The zero-order valence-electron chi connectivity index (χ0n) is 9.64. The van der Waals surface area contributed by atoms with Gasteiger partial charge < -0.3 is 19.4 Å². The molecule has 5 heteroatoms. The Morgan fingerprint density at radius 2 is 1.83 bits per heavy atom. The summed E-state index contributed by atoms with van der Waals surface area (Å²) >= 11 is 0. The molecular formula is C13H7NaO4. The molecule has 1 heterocycles. The summed E-state index contributed by atoms with van der Waals surface area (Å²) in [5.41, 5.74) is 0.803. The van der Waals surface area contributed by atoms with Crippen molar-refractivity contribution < 1.29 is 49.0 Å². The second-order valence-corrected chi connectivity index (χ2v) is 3.75. The van der Waals surface area contributed by atoms with E-state index >= 15 is 0 Å². The number of carbonyl (C=O) groups is 1. The number of hydrogen-bond donors (Lipinski definition) is 1. The SMILES string of the molecule is O=C([O-])c1cc2oc3ccccc3c2cc1O.[Na+]. The van der Waals surface area contributed by atoms with Crippen molar-refractivity contribution in [1.82, 2.24) is 0 Å². The van der Waals surface area contributed by atoms with Gasteiger partial charge in [0.1, 0.15) is 16.9 Å². The second-order valence-electron chi connectivity index (χ2n) is 3.75. The van der Waals surface area contributed by atoms with E-state index in [0.29, 0.717) is 16.6 Å². The number of aromatic hydroxyl groups is 1. The number of benzene rings is 2. The van der Waals surface area contributed by atoms with Crippen LogP contribution in [0.3, 0.4) is 0 Å². The first-order chi connectivity index (χ1) is 8.16. The Morgan fingerprint density at radius 3 is 2.56 bits per heavy atom. The molecule has 0 saturated heterocycles. The molecule has 0 aliphatic heterocycles. The van der Waals surface area contributed by atoms with Crippen LogP contribution in [0.5, 0.6) is 5.75 Å². The number of carboxylic acids is 1. The Labute approximate surface area is 124 Å². The van der Waals surface area contributed by atoms with Crippen molar-refractivity contribution in [1.29, 1.82) is 0 Å². The zero-order valence-corrected chi connectivity index (χ0v) is 11.6. The van der Waals surface area contributed by atoms with Crippen LogP contribution in [0.1, 0.15) is 10.4 Å². The number of furan rings is 1. The van der Waals surface area contributed by atoms with Crippen LogP contribution < -0.4 is 34.7 Å².